The Morgan fingerprint density at radius 2 is 2.22 bits per heavy atom. The zero-order valence-electron chi connectivity index (χ0n) is 13.1. The molecule has 0 saturated heterocycles. The molecule has 0 spiro atoms. The van der Waals surface area contributed by atoms with Gasteiger partial charge in [-0.3, -0.25) is 9.69 Å². The lowest BCUT2D eigenvalue weighted by Gasteiger charge is -2.27. The van der Waals surface area contributed by atoms with E-state index in [1.807, 2.05) is 24.3 Å². The van der Waals surface area contributed by atoms with Crippen molar-refractivity contribution in [1.82, 2.24) is 14.9 Å². The smallest absolute Gasteiger partial charge is 0.256 e. The fourth-order valence-corrected chi connectivity index (χ4v) is 3.96. The van der Waals surface area contributed by atoms with Gasteiger partial charge in [-0.2, -0.15) is 0 Å². The van der Waals surface area contributed by atoms with Gasteiger partial charge in [0.15, 0.2) is 5.16 Å². The van der Waals surface area contributed by atoms with Crippen LogP contribution in [0.15, 0.2) is 34.2 Å². The van der Waals surface area contributed by atoms with E-state index in [0.717, 1.165) is 47.8 Å². The second kappa shape index (κ2) is 7.51. The summed E-state index contributed by atoms with van der Waals surface area (Å²) in [6.07, 6.45) is 1.95. The Hall–Kier alpha value is -1.30. The number of thioether (sulfide) groups is 1. The molecular weight excluding hydrogens is 330 g/mol. The Morgan fingerprint density at radius 3 is 3.00 bits per heavy atom. The summed E-state index contributed by atoms with van der Waals surface area (Å²) in [5, 5.41) is 1.42. The highest BCUT2D eigenvalue weighted by molar-refractivity contribution is 7.98. The molecule has 2 heterocycles. The van der Waals surface area contributed by atoms with Crippen LogP contribution in [0.3, 0.4) is 0 Å². The molecule has 4 nitrogen and oxygen atoms in total. The highest BCUT2D eigenvalue weighted by Crippen LogP contribution is 2.25. The summed E-state index contributed by atoms with van der Waals surface area (Å²) in [7, 11) is 0. The molecule has 6 heteroatoms. The van der Waals surface area contributed by atoms with Crippen molar-refractivity contribution in [3.8, 4) is 0 Å². The van der Waals surface area contributed by atoms with Crippen LogP contribution in [0.25, 0.3) is 0 Å². The third-order valence-electron chi connectivity index (χ3n) is 3.99. The van der Waals surface area contributed by atoms with Gasteiger partial charge < -0.3 is 4.98 Å². The number of H-pyrrole nitrogens is 1. The maximum atomic E-state index is 12.4. The molecule has 0 unspecified atom stereocenters. The molecule has 2 aromatic rings. The zero-order chi connectivity index (χ0) is 16.2. The minimum Gasteiger partial charge on any atom is -0.301 e. The molecule has 122 valence electrons. The van der Waals surface area contributed by atoms with E-state index in [0.29, 0.717) is 17.5 Å². The summed E-state index contributed by atoms with van der Waals surface area (Å²) in [6, 6.07) is 7.75. The Bertz CT molecular complexity index is 747. The van der Waals surface area contributed by atoms with Gasteiger partial charge >= 0.3 is 0 Å². The van der Waals surface area contributed by atoms with Crippen LogP contribution in [-0.2, 0) is 18.7 Å². The van der Waals surface area contributed by atoms with Crippen LogP contribution in [0.2, 0.25) is 5.02 Å². The first-order valence-corrected chi connectivity index (χ1v) is 9.24. The van der Waals surface area contributed by atoms with E-state index in [9.17, 15) is 4.79 Å². The van der Waals surface area contributed by atoms with E-state index in [4.69, 9.17) is 11.6 Å². The number of fused-ring (bicyclic) bond motifs is 1. The molecule has 3 rings (SSSR count). The van der Waals surface area contributed by atoms with Crippen LogP contribution in [0.4, 0.5) is 0 Å². The second-order valence-corrected chi connectivity index (χ2v) is 7.07. The number of rotatable bonds is 5. The molecule has 0 bridgehead atoms. The molecule has 0 radical (unpaired) electrons. The number of nitrogens with zero attached hydrogens (tertiary/aromatic N) is 2. The van der Waals surface area contributed by atoms with Crippen LogP contribution in [-0.4, -0.2) is 28.0 Å². The van der Waals surface area contributed by atoms with Crippen LogP contribution in [0, 0.1) is 0 Å². The number of benzene rings is 1. The van der Waals surface area contributed by atoms with Gasteiger partial charge in [0.05, 0.1) is 11.3 Å². The van der Waals surface area contributed by atoms with Gasteiger partial charge in [0.2, 0.25) is 0 Å². The van der Waals surface area contributed by atoms with Crippen LogP contribution in [0.5, 0.6) is 0 Å². The maximum Gasteiger partial charge on any atom is 0.256 e. The second-order valence-electron chi connectivity index (χ2n) is 5.70. The number of halogens is 1. The average molecular weight is 350 g/mol. The van der Waals surface area contributed by atoms with E-state index in [-0.39, 0.29) is 5.56 Å². The standard InChI is InChI=1S/C17H20ClN3OS/c1-2-8-21-9-7-15-13(10-21)16(22)20-17(19-15)23-11-12-5-3-4-6-14(12)18/h3-6H,2,7-11H2,1H3,(H,19,20,22). The molecule has 0 amide bonds. The molecule has 0 fully saturated rings. The van der Waals surface area contributed by atoms with E-state index in [2.05, 4.69) is 21.8 Å². The minimum atomic E-state index is -0.00235. The van der Waals surface area contributed by atoms with E-state index in [1.165, 1.54) is 11.8 Å². The van der Waals surface area contributed by atoms with Gasteiger partial charge in [0, 0.05) is 30.3 Å². The average Bonchev–Trinajstić information content (AvgIpc) is 2.55. The summed E-state index contributed by atoms with van der Waals surface area (Å²) >= 11 is 7.69. The van der Waals surface area contributed by atoms with Crippen molar-refractivity contribution in [3.05, 3.63) is 56.5 Å². The number of nitrogens with one attached hydrogen (secondary N) is 1. The lowest BCUT2D eigenvalue weighted by Crippen LogP contribution is -2.36. The third kappa shape index (κ3) is 3.97. The van der Waals surface area contributed by atoms with E-state index < -0.39 is 0 Å². The van der Waals surface area contributed by atoms with Crippen LogP contribution >= 0.6 is 23.4 Å². The lowest BCUT2D eigenvalue weighted by atomic mass is 10.1. The van der Waals surface area contributed by atoms with Gasteiger partial charge in [0.1, 0.15) is 0 Å². The Labute approximate surface area is 145 Å². The SMILES string of the molecule is CCCN1CCc2nc(SCc3ccccc3Cl)[nH]c(=O)c2C1. The van der Waals surface area contributed by atoms with Crippen molar-refractivity contribution in [2.24, 2.45) is 0 Å². The Kier molecular flexibility index (Phi) is 5.41. The molecule has 1 aliphatic rings. The van der Waals surface area contributed by atoms with Gasteiger partial charge in [-0.05, 0) is 24.6 Å². The van der Waals surface area contributed by atoms with Crippen molar-refractivity contribution in [2.75, 3.05) is 13.1 Å². The molecule has 0 saturated carbocycles. The number of aromatic amines is 1. The monoisotopic (exact) mass is 349 g/mol. The predicted molar refractivity (Wildman–Crippen MR) is 95.1 cm³/mol. The largest absolute Gasteiger partial charge is 0.301 e. The minimum absolute atomic E-state index is 0.00235. The zero-order valence-corrected chi connectivity index (χ0v) is 14.7. The van der Waals surface area contributed by atoms with Crippen molar-refractivity contribution >= 4 is 23.4 Å². The Morgan fingerprint density at radius 1 is 1.39 bits per heavy atom. The first kappa shape index (κ1) is 16.6. The normalized spacial score (nSPS) is 14.7. The Balaban J connectivity index is 1.75. The lowest BCUT2D eigenvalue weighted by molar-refractivity contribution is 0.250. The number of hydrogen-bond donors (Lipinski definition) is 1. The molecule has 23 heavy (non-hydrogen) atoms. The van der Waals surface area contributed by atoms with Gasteiger partial charge in [-0.25, -0.2) is 4.98 Å². The molecular formula is C17H20ClN3OS. The quantitative estimate of drug-likeness (QED) is 0.663. The molecule has 0 atom stereocenters. The topological polar surface area (TPSA) is 49.0 Å². The van der Waals surface area contributed by atoms with Gasteiger partial charge in [-0.1, -0.05) is 48.5 Å². The number of hydrogen-bond acceptors (Lipinski definition) is 4. The molecule has 1 aliphatic heterocycles. The summed E-state index contributed by atoms with van der Waals surface area (Å²) in [4.78, 5) is 22.2. The van der Waals surface area contributed by atoms with Crippen molar-refractivity contribution in [3.63, 3.8) is 0 Å². The maximum absolute atomic E-state index is 12.4. The first-order chi connectivity index (χ1) is 11.2. The fraction of sp³-hybridized carbons (Fsp3) is 0.412. The summed E-state index contributed by atoms with van der Waals surface area (Å²) in [5.41, 5.74) is 2.82. The van der Waals surface area contributed by atoms with Crippen molar-refractivity contribution < 1.29 is 0 Å². The van der Waals surface area contributed by atoms with Gasteiger partial charge in [0.25, 0.3) is 5.56 Å². The van der Waals surface area contributed by atoms with Crippen LogP contribution in [0.1, 0.15) is 30.2 Å². The predicted octanol–water partition coefficient (Wildman–Crippen LogP) is 3.48. The molecule has 1 aromatic carbocycles. The molecule has 1 N–H and O–H groups in total. The number of aromatic nitrogens is 2. The fourth-order valence-electron chi connectivity index (χ4n) is 2.80. The van der Waals surface area contributed by atoms with Crippen molar-refractivity contribution in [1.29, 1.82) is 0 Å². The highest BCUT2D eigenvalue weighted by Gasteiger charge is 2.20. The summed E-state index contributed by atoms with van der Waals surface area (Å²) in [5.74, 6) is 0.698. The first-order valence-electron chi connectivity index (χ1n) is 7.88. The van der Waals surface area contributed by atoms with E-state index in [1.54, 1.807) is 0 Å². The van der Waals surface area contributed by atoms with E-state index >= 15 is 0 Å². The summed E-state index contributed by atoms with van der Waals surface area (Å²) < 4.78 is 0. The van der Waals surface area contributed by atoms with Crippen molar-refractivity contribution in [2.45, 2.75) is 37.2 Å². The molecule has 0 aliphatic carbocycles. The summed E-state index contributed by atoms with van der Waals surface area (Å²) in [6.45, 7) is 4.88. The third-order valence-corrected chi connectivity index (χ3v) is 5.28. The van der Waals surface area contributed by atoms with Crippen LogP contribution < -0.4 is 5.56 Å². The molecule has 1 aromatic heterocycles. The van der Waals surface area contributed by atoms with Gasteiger partial charge in [-0.15, -0.1) is 0 Å². The highest BCUT2D eigenvalue weighted by atomic mass is 35.5.